The Bertz CT molecular complexity index is 695. The van der Waals surface area contributed by atoms with E-state index in [0.29, 0.717) is 5.82 Å². The first-order valence-corrected chi connectivity index (χ1v) is 5.23. The van der Waals surface area contributed by atoms with E-state index in [-0.39, 0.29) is 5.78 Å². The van der Waals surface area contributed by atoms with Crippen molar-refractivity contribution in [2.45, 2.75) is 6.92 Å². The van der Waals surface area contributed by atoms with Crippen LogP contribution in [0.4, 0.5) is 0 Å². The summed E-state index contributed by atoms with van der Waals surface area (Å²) in [6.07, 6.45) is 3.32. The Morgan fingerprint density at radius 1 is 1.29 bits per heavy atom. The molecule has 5 nitrogen and oxygen atoms in total. The molecule has 0 atom stereocenters. The van der Waals surface area contributed by atoms with Crippen LogP contribution in [0.15, 0.2) is 30.7 Å². The van der Waals surface area contributed by atoms with Crippen LogP contribution < -0.4 is 0 Å². The fraction of sp³-hybridized carbons (Fsp3) is 0.0833. The lowest BCUT2D eigenvalue weighted by molar-refractivity contribution is 0.100. The summed E-state index contributed by atoms with van der Waals surface area (Å²) in [5.74, 6) is 0.309. The zero-order valence-corrected chi connectivity index (χ0v) is 9.19. The van der Waals surface area contributed by atoms with Gasteiger partial charge in [0.1, 0.15) is 0 Å². The summed E-state index contributed by atoms with van der Waals surface area (Å²) in [5.41, 5.74) is 3.68. The standard InChI is InChI=1S/C12H10N4O/c1-7(17)12-13-5-11(16-12)8-2-3-9-10(4-8)15-6-14-9/h2-6H,1H3,(H,13,16)(H,14,15). The highest BCUT2D eigenvalue weighted by atomic mass is 16.1. The maximum atomic E-state index is 11.2. The summed E-state index contributed by atoms with van der Waals surface area (Å²) >= 11 is 0. The first-order chi connectivity index (χ1) is 8.24. The second kappa shape index (κ2) is 3.55. The molecule has 0 aliphatic heterocycles. The third-order valence-corrected chi connectivity index (χ3v) is 2.64. The predicted octanol–water partition coefficient (Wildman–Crippen LogP) is 2.16. The Morgan fingerprint density at radius 3 is 2.94 bits per heavy atom. The number of aromatic amines is 2. The normalized spacial score (nSPS) is 10.9. The first-order valence-electron chi connectivity index (χ1n) is 5.23. The largest absolute Gasteiger partial charge is 0.345 e. The van der Waals surface area contributed by atoms with Crippen LogP contribution in [0.3, 0.4) is 0 Å². The Hall–Kier alpha value is -2.43. The third kappa shape index (κ3) is 1.61. The number of fused-ring (bicyclic) bond motifs is 1. The second-order valence-electron chi connectivity index (χ2n) is 3.84. The second-order valence-corrected chi connectivity index (χ2v) is 3.84. The summed E-state index contributed by atoms with van der Waals surface area (Å²) in [5, 5.41) is 0. The highest BCUT2D eigenvalue weighted by Gasteiger charge is 2.07. The Morgan fingerprint density at radius 2 is 2.18 bits per heavy atom. The molecule has 0 amide bonds. The summed E-state index contributed by atoms with van der Waals surface area (Å²) in [6, 6.07) is 5.84. The van der Waals surface area contributed by atoms with Crippen molar-refractivity contribution in [3.8, 4) is 11.3 Å². The van der Waals surface area contributed by atoms with Crippen LogP contribution in [0, 0.1) is 0 Å². The van der Waals surface area contributed by atoms with Gasteiger partial charge < -0.3 is 9.97 Å². The van der Waals surface area contributed by atoms with Crippen molar-refractivity contribution >= 4 is 16.8 Å². The molecule has 2 N–H and O–H groups in total. The van der Waals surface area contributed by atoms with Gasteiger partial charge in [-0.05, 0) is 12.1 Å². The van der Waals surface area contributed by atoms with Crippen LogP contribution in [0.25, 0.3) is 22.3 Å². The molecule has 17 heavy (non-hydrogen) atoms. The molecule has 0 aliphatic rings. The van der Waals surface area contributed by atoms with Crippen molar-refractivity contribution in [1.82, 2.24) is 19.9 Å². The van der Waals surface area contributed by atoms with E-state index in [2.05, 4.69) is 19.9 Å². The Balaban J connectivity index is 2.09. The maximum absolute atomic E-state index is 11.2. The van der Waals surface area contributed by atoms with Crippen LogP contribution >= 0.6 is 0 Å². The molecule has 0 radical (unpaired) electrons. The molecule has 84 valence electrons. The molecule has 0 spiro atoms. The number of nitrogens with one attached hydrogen (secondary N) is 2. The third-order valence-electron chi connectivity index (χ3n) is 2.64. The molecule has 2 aromatic heterocycles. The molecular formula is C12H10N4O. The van der Waals surface area contributed by atoms with Gasteiger partial charge in [0, 0.05) is 12.5 Å². The first kappa shape index (κ1) is 9.77. The van der Waals surface area contributed by atoms with E-state index in [4.69, 9.17) is 0 Å². The SMILES string of the molecule is CC(=O)c1ncc(-c2ccc3nc[nH]c3c2)[nH]1. The maximum Gasteiger partial charge on any atom is 0.194 e. The van der Waals surface area contributed by atoms with Gasteiger partial charge in [-0.3, -0.25) is 4.79 Å². The molecule has 2 heterocycles. The highest BCUT2D eigenvalue weighted by Crippen LogP contribution is 2.21. The number of nitrogens with zero attached hydrogens (tertiary/aromatic N) is 2. The van der Waals surface area contributed by atoms with Crippen LogP contribution in [0.5, 0.6) is 0 Å². The molecule has 0 aliphatic carbocycles. The molecule has 1 aromatic carbocycles. The fourth-order valence-corrected chi connectivity index (χ4v) is 1.75. The summed E-state index contributed by atoms with van der Waals surface area (Å²) in [7, 11) is 0. The number of hydrogen-bond acceptors (Lipinski definition) is 3. The summed E-state index contributed by atoms with van der Waals surface area (Å²) in [6.45, 7) is 1.49. The van der Waals surface area contributed by atoms with E-state index in [1.54, 1.807) is 12.5 Å². The molecular weight excluding hydrogens is 216 g/mol. The minimum atomic E-state index is -0.0705. The Labute approximate surface area is 96.9 Å². The van der Waals surface area contributed by atoms with Crippen molar-refractivity contribution in [2.24, 2.45) is 0 Å². The van der Waals surface area contributed by atoms with E-state index in [1.807, 2.05) is 18.2 Å². The van der Waals surface area contributed by atoms with Crippen LogP contribution in [-0.2, 0) is 0 Å². The van der Waals surface area contributed by atoms with Gasteiger partial charge in [-0.2, -0.15) is 0 Å². The van der Waals surface area contributed by atoms with Crippen molar-refractivity contribution in [2.75, 3.05) is 0 Å². The van der Waals surface area contributed by atoms with E-state index in [0.717, 1.165) is 22.3 Å². The number of hydrogen-bond donors (Lipinski definition) is 2. The topological polar surface area (TPSA) is 74.4 Å². The van der Waals surface area contributed by atoms with Gasteiger partial charge in [-0.15, -0.1) is 0 Å². The molecule has 0 fully saturated rings. The molecule has 0 saturated carbocycles. The average Bonchev–Trinajstić information content (AvgIpc) is 2.97. The number of rotatable bonds is 2. The lowest BCUT2D eigenvalue weighted by atomic mass is 10.1. The van der Waals surface area contributed by atoms with Gasteiger partial charge in [0.15, 0.2) is 11.6 Å². The number of H-pyrrole nitrogens is 2. The molecule has 3 rings (SSSR count). The number of Topliss-reactive ketones (excluding diaryl/α,β-unsaturated/α-hetero) is 1. The Kier molecular flexibility index (Phi) is 2.04. The van der Waals surface area contributed by atoms with Gasteiger partial charge in [0.2, 0.25) is 0 Å². The predicted molar refractivity (Wildman–Crippen MR) is 63.7 cm³/mol. The lowest BCUT2D eigenvalue weighted by Gasteiger charge is -1.97. The highest BCUT2D eigenvalue weighted by molar-refractivity contribution is 5.91. The quantitative estimate of drug-likeness (QED) is 0.657. The van der Waals surface area contributed by atoms with Gasteiger partial charge in [0.05, 0.1) is 29.3 Å². The molecule has 0 saturated heterocycles. The number of ketones is 1. The molecule has 3 aromatic rings. The zero-order valence-electron chi connectivity index (χ0n) is 9.19. The van der Waals surface area contributed by atoms with Gasteiger partial charge in [-0.1, -0.05) is 6.07 Å². The van der Waals surface area contributed by atoms with Crippen LogP contribution in [0.1, 0.15) is 17.5 Å². The van der Waals surface area contributed by atoms with E-state index in [1.165, 1.54) is 6.92 Å². The number of benzene rings is 1. The fourth-order valence-electron chi connectivity index (χ4n) is 1.75. The number of imidazole rings is 2. The zero-order chi connectivity index (χ0) is 11.8. The molecule has 0 bridgehead atoms. The van der Waals surface area contributed by atoms with Crippen molar-refractivity contribution in [1.29, 1.82) is 0 Å². The van der Waals surface area contributed by atoms with Gasteiger partial charge >= 0.3 is 0 Å². The van der Waals surface area contributed by atoms with Crippen molar-refractivity contribution in [3.63, 3.8) is 0 Å². The lowest BCUT2D eigenvalue weighted by Crippen LogP contribution is -1.93. The minimum Gasteiger partial charge on any atom is -0.345 e. The number of aromatic nitrogens is 4. The van der Waals surface area contributed by atoms with Gasteiger partial charge in [0.25, 0.3) is 0 Å². The van der Waals surface area contributed by atoms with Crippen molar-refractivity contribution < 1.29 is 4.79 Å². The van der Waals surface area contributed by atoms with E-state index < -0.39 is 0 Å². The van der Waals surface area contributed by atoms with E-state index >= 15 is 0 Å². The van der Waals surface area contributed by atoms with Crippen LogP contribution in [0.2, 0.25) is 0 Å². The summed E-state index contributed by atoms with van der Waals surface area (Å²) < 4.78 is 0. The van der Waals surface area contributed by atoms with Gasteiger partial charge in [-0.25, -0.2) is 9.97 Å². The van der Waals surface area contributed by atoms with E-state index in [9.17, 15) is 4.79 Å². The van der Waals surface area contributed by atoms with Crippen LogP contribution in [-0.4, -0.2) is 25.7 Å². The minimum absolute atomic E-state index is 0.0705. The summed E-state index contributed by atoms with van der Waals surface area (Å²) in [4.78, 5) is 25.4. The molecule has 5 heteroatoms. The smallest absolute Gasteiger partial charge is 0.194 e. The number of carbonyl (C=O) groups is 1. The number of carbonyl (C=O) groups excluding carboxylic acids is 1. The van der Waals surface area contributed by atoms with Crippen molar-refractivity contribution in [3.05, 3.63) is 36.5 Å². The average molecular weight is 226 g/mol. The monoisotopic (exact) mass is 226 g/mol. The molecule has 0 unspecified atom stereocenters.